The fourth-order valence-electron chi connectivity index (χ4n) is 3.26. The molecule has 4 heteroatoms. The number of esters is 1. The number of fused-ring (bicyclic) bond motifs is 2. The summed E-state index contributed by atoms with van der Waals surface area (Å²) in [4.78, 5) is 22.2. The van der Waals surface area contributed by atoms with Gasteiger partial charge in [-0.3, -0.25) is 9.59 Å². The van der Waals surface area contributed by atoms with Crippen LogP contribution in [-0.4, -0.2) is 24.2 Å². The van der Waals surface area contributed by atoms with Crippen LogP contribution >= 0.6 is 0 Å². The van der Waals surface area contributed by atoms with Crippen LogP contribution in [-0.2, 0) is 14.3 Å². The van der Waals surface area contributed by atoms with E-state index in [2.05, 4.69) is 16.9 Å². The Kier molecular flexibility index (Phi) is 3.50. The van der Waals surface area contributed by atoms with Crippen LogP contribution in [0.4, 0.5) is 0 Å². The molecule has 2 bridgehead atoms. The lowest BCUT2D eigenvalue weighted by atomic mass is 9.78. The van der Waals surface area contributed by atoms with Gasteiger partial charge in [0.05, 0.1) is 7.11 Å². The molecule has 0 aromatic carbocycles. The third-order valence-corrected chi connectivity index (χ3v) is 4.03. The SMILES string of the molecule is COC(=O)CC(CC(=O)O)C1CC2C=CC1C2. The van der Waals surface area contributed by atoms with E-state index in [1.807, 2.05) is 0 Å². The van der Waals surface area contributed by atoms with E-state index in [0.29, 0.717) is 17.8 Å². The van der Waals surface area contributed by atoms with Gasteiger partial charge < -0.3 is 9.84 Å². The van der Waals surface area contributed by atoms with Crippen LogP contribution in [0.15, 0.2) is 12.2 Å². The number of ether oxygens (including phenoxy) is 1. The van der Waals surface area contributed by atoms with Crippen molar-refractivity contribution in [3.05, 3.63) is 12.2 Å². The van der Waals surface area contributed by atoms with Crippen LogP contribution in [0.2, 0.25) is 0 Å². The molecule has 1 saturated carbocycles. The van der Waals surface area contributed by atoms with Crippen molar-refractivity contribution in [2.24, 2.45) is 23.7 Å². The molecule has 0 aromatic heterocycles. The van der Waals surface area contributed by atoms with E-state index in [4.69, 9.17) is 5.11 Å². The van der Waals surface area contributed by atoms with E-state index in [0.717, 1.165) is 12.8 Å². The number of carbonyl (C=O) groups is 2. The average molecular weight is 238 g/mol. The van der Waals surface area contributed by atoms with Gasteiger partial charge in [0, 0.05) is 12.8 Å². The second-order valence-corrected chi connectivity index (χ2v) is 5.08. The summed E-state index contributed by atoms with van der Waals surface area (Å²) in [7, 11) is 1.35. The number of carboxylic acid groups (broad SMARTS) is 1. The maximum Gasteiger partial charge on any atom is 0.305 e. The summed E-state index contributed by atoms with van der Waals surface area (Å²) < 4.78 is 4.65. The molecule has 4 unspecified atom stereocenters. The van der Waals surface area contributed by atoms with Crippen molar-refractivity contribution in [1.29, 1.82) is 0 Å². The Balaban J connectivity index is 2.02. The molecule has 94 valence electrons. The zero-order chi connectivity index (χ0) is 12.4. The van der Waals surface area contributed by atoms with Crippen molar-refractivity contribution in [1.82, 2.24) is 0 Å². The van der Waals surface area contributed by atoms with Crippen LogP contribution in [0.25, 0.3) is 0 Å². The molecular weight excluding hydrogens is 220 g/mol. The first-order valence-electron chi connectivity index (χ1n) is 6.07. The first-order chi connectivity index (χ1) is 8.10. The molecule has 0 saturated heterocycles. The highest BCUT2D eigenvalue weighted by Crippen LogP contribution is 2.48. The van der Waals surface area contributed by atoms with E-state index in [-0.39, 0.29) is 24.7 Å². The quantitative estimate of drug-likeness (QED) is 0.586. The molecule has 2 aliphatic rings. The van der Waals surface area contributed by atoms with Gasteiger partial charge in [-0.15, -0.1) is 0 Å². The zero-order valence-electron chi connectivity index (χ0n) is 9.96. The Bertz CT molecular complexity index is 347. The van der Waals surface area contributed by atoms with Crippen LogP contribution in [0, 0.1) is 23.7 Å². The fourth-order valence-corrected chi connectivity index (χ4v) is 3.26. The molecule has 1 fully saturated rings. The molecule has 2 rings (SSSR count). The van der Waals surface area contributed by atoms with Crippen molar-refractivity contribution in [3.8, 4) is 0 Å². The summed E-state index contributed by atoms with van der Waals surface area (Å²) in [6.07, 6.45) is 6.85. The summed E-state index contributed by atoms with van der Waals surface area (Å²) in [6.45, 7) is 0. The number of methoxy groups -OCH3 is 1. The summed E-state index contributed by atoms with van der Waals surface area (Å²) in [5.41, 5.74) is 0. The normalized spacial score (nSPS) is 31.5. The number of allylic oxidation sites excluding steroid dienone is 2. The second kappa shape index (κ2) is 4.90. The lowest BCUT2D eigenvalue weighted by Crippen LogP contribution is -2.25. The molecule has 0 aliphatic heterocycles. The first kappa shape index (κ1) is 12.1. The predicted molar refractivity (Wildman–Crippen MR) is 61.2 cm³/mol. The predicted octanol–water partition coefficient (Wildman–Crippen LogP) is 1.85. The smallest absolute Gasteiger partial charge is 0.305 e. The third-order valence-electron chi connectivity index (χ3n) is 4.03. The maximum atomic E-state index is 11.3. The highest BCUT2D eigenvalue weighted by atomic mass is 16.5. The second-order valence-electron chi connectivity index (χ2n) is 5.08. The van der Waals surface area contributed by atoms with Crippen LogP contribution in [0.5, 0.6) is 0 Å². The van der Waals surface area contributed by atoms with E-state index in [1.165, 1.54) is 7.11 Å². The van der Waals surface area contributed by atoms with Gasteiger partial charge in [-0.25, -0.2) is 0 Å². The van der Waals surface area contributed by atoms with Crippen LogP contribution in [0.1, 0.15) is 25.7 Å². The molecule has 4 nitrogen and oxygen atoms in total. The Morgan fingerprint density at radius 2 is 2.12 bits per heavy atom. The molecular formula is C13H18O4. The summed E-state index contributed by atoms with van der Waals surface area (Å²) >= 11 is 0. The largest absolute Gasteiger partial charge is 0.481 e. The summed E-state index contributed by atoms with van der Waals surface area (Å²) in [5.74, 6) is 0.182. The van der Waals surface area contributed by atoms with Crippen molar-refractivity contribution < 1.29 is 19.4 Å². The number of hydrogen-bond donors (Lipinski definition) is 1. The topological polar surface area (TPSA) is 63.6 Å². The number of rotatable bonds is 5. The maximum absolute atomic E-state index is 11.3. The molecule has 4 atom stereocenters. The lowest BCUT2D eigenvalue weighted by Gasteiger charge is -2.26. The van der Waals surface area contributed by atoms with Crippen LogP contribution < -0.4 is 0 Å². The van der Waals surface area contributed by atoms with Gasteiger partial charge in [0.1, 0.15) is 0 Å². The standard InChI is InChI=1S/C13H18O4/c1-17-13(16)7-10(6-12(14)15)11-5-8-2-3-9(11)4-8/h2-3,8-11H,4-7H2,1H3,(H,14,15). The van der Waals surface area contributed by atoms with E-state index < -0.39 is 5.97 Å². The highest BCUT2D eigenvalue weighted by Gasteiger charge is 2.41. The minimum Gasteiger partial charge on any atom is -0.481 e. The van der Waals surface area contributed by atoms with Gasteiger partial charge in [0.15, 0.2) is 0 Å². The molecule has 0 aromatic rings. The van der Waals surface area contributed by atoms with E-state index in [9.17, 15) is 9.59 Å². The Labute approximate surface area is 101 Å². The number of aliphatic carboxylic acids is 1. The average Bonchev–Trinajstić information content (AvgIpc) is 2.88. The molecule has 0 radical (unpaired) electrons. The molecule has 1 N–H and O–H groups in total. The zero-order valence-corrected chi connectivity index (χ0v) is 9.96. The molecule has 0 spiro atoms. The Morgan fingerprint density at radius 3 is 2.59 bits per heavy atom. The Hall–Kier alpha value is -1.32. The van der Waals surface area contributed by atoms with Crippen molar-refractivity contribution in [2.75, 3.05) is 7.11 Å². The summed E-state index contributed by atoms with van der Waals surface area (Å²) in [5, 5.41) is 8.93. The minimum absolute atomic E-state index is 0.0663. The van der Waals surface area contributed by atoms with Crippen molar-refractivity contribution in [3.63, 3.8) is 0 Å². The van der Waals surface area contributed by atoms with Gasteiger partial charge in [-0.1, -0.05) is 12.2 Å². The molecule has 0 heterocycles. The van der Waals surface area contributed by atoms with E-state index in [1.54, 1.807) is 0 Å². The van der Waals surface area contributed by atoms with Crippen LogP contribution in [0.3, 0.4) is 0 Å². The molecule has 17 heavy (non-hydrogen) atoms. The lowest BCUT2D eigenvalue weighted by molar-refractivity contribution is -0.144. The highest BCUT2D eigenvalue weighted by molar-refractivity contribution is 5.72. The van der Waals surface area contributed by atoms with Gasteiger partial charge >= 0.3 is 11.9 Å². The van der Waals surface area contributed by atoms with Gasteiger partial charge in [-0.05, 0) is 36.5 Å². The molecule has 0 amide bonds. The van der Waals surface area contributed by atoms with Gasteiger partial charge in [0.25, 0.3) is 0 Å². The third kappa shape index (κ3) is 2.68. The van der Waals surface area contributed by atoms with Gasteiger partial charge in [-0.2, -0.15) is 0 Å². The Morgan fingerprint density at radius 1 is 1.35 bits per heavy atom. The summed E-state index contributed by atoms with van der Waals surface area (Å²) in [6, 6.07) is 0. The fraction of sp³-hybridized carbons (Fsp3) is 0.692. The first-order valence-corrected chi connectivity index (χ1v) is 6.07. The molecule has 2 aliphatic carbocycles. The van der Waals surface area contributed by atoms with Crippen molar-refractivity contribution >= 4 is 11.9 Å². The van der Waals surface area contributed by atoms with Crippen molar-refractivity contribution in [2.45, 2.75) is 25.7 Å². The number of carboxylic acids is 1. The number of hydrogen-bond acceptors (Lipinski definition) is 3. The number of carbonyl (C=O) groups excluding carboxylic acids is 1. The minimum atomic E-state index is -0.828. The van der Waals surface area contributed by atoms with Gasteiger partial charge in [0.2, 0.25) is 0 Å². The van der Waals surface area contributed by atoms with E-state index >= 15 is 0 Å². The monoisotopic (exact) mass is 238 g/mol.